The van der Waals surface area contributed by atoms with E-state index in [0.717, 1.165) is 30.4 Å². The Morgan fingerprint density at radius 3 is 2.69 bits per heavy atom. The molecule has 1 fully saturated rings. The number of rotatable bonds is 3. The molecule has 1 spiro atoms. The molecule has 0 unspecified atom stereocenters. The lowest BCUT2D eigenvalue weighted by Crippen LogP contribution is -2.40. The van der Waals surface area contributed by atoms with E-state index in [1.165, 1.54) is 6.42 Å². The number of ether oxygens (including phenoxy) is 2. The van der Waals surface area contributed by atoms with Crippen molar-refractivity contribution in [1.29, 1.82) is 5.26 Å². The molecule has 150 valence electrons. The molecule has 1 saturated carbocycles. The minimum absolute atomic E-state index is 0.00570. The molecule has 1 aliphatic carbocycles. The first kappa shape index (κ1) is 19.0. The van der Waals surface area contributed by atoms with Crippen LogP contribution in [-0.2, 0) is 11.3 Å². The predicted molar refractivity (Wildman–Crippen MR) is 105 cm³/mol. The number of aryl methyl sites for hydroxylation is 1. The Morgan fingerprint density at radius 1 is 1.24 bits per heavy atom. The van der Waals surface area contributed by atoms with Crippen LogP contribution in [0.3, 0.4) is 0 Å². The van der Waals surface area contributed by atoms with Crippen LogP contribution in [0.5, 0.6) is 11.5 Å². The molecular formula is C21H22N4O4. The second-order valence-electron chi connectivity index (χ2n) is 7.55. The van der Waals surface area contributed by atoms with Gasteiger partial charge < -0.3 is 14.8 Å². The van der Waals surface area contributed by atoms with Gasteiger partial charge >= 0.3 is 0 Å². The maximum Gasteiger partial charge on any atom is 0.285 e. The zero-order chi connectivity index (χ0) is 20.6. The number of hydrogen-bond acceptors (Lipinski definition) is 6. The molecule has 1 aliphatic heterocycles. The Morgan fingerprint density at radius 2 is 1.97 bits per heavy atom. The largest absolute Gasteiger partial charge is 0.448 e. The molecule has 8 nitrogen and oxygen atoms in total. The van der Waals surface area contributed by atoms with Gasteiger partial charge in [-0.05, 0) is 44.4 Å². The van der Waals surface area contributed by atoms with Crippen molar-refractivity contribution < 1.29 is 14.3 Å². The van der Waals surface area contributed by atoms with E-state index in [2.05, 4.69) is 10.4 Å². The summed E-state index contributed by atoms with van der Waals surface area (Å²) < 4.78 is 13.1. The topological polar surface area (TPSA) is 106 Å². The molecule has 0 saturated heterocycles. The average molecular weight is 394 g/mol. The Balaban J connectivity index is 1.49. The molecule has 0 atom stereocenters. The van der Waals surface area contributed by atoms with Crippen molar-refractivity contribution in [2.75, 3.05) is 5.32 Å². The first-order chi connectivity index (χ1) is 13.9. The van der Waals surface area contributed by atoms with E-state index in [9.17, 15) is 14.9 Å². The van der Waals surface area contributed by atoms with Gasteiger partial charge in [0, 0.05) is 24.6 Å². The third kappa shape index (κ3) is 3.56. The van der Waals surface area contributed by atoms with Crippen LogP contribution >= 0.6 is 0 Å². The number of aromatic nitrogens is 2. The normalized spacial score (nSPS) is 16.4. The number of hydrogen-bond donors (Lipinski definition) is 1. The molecule has 1 N–H and O–H groups in total. The summed E-state index contributed by atoms with van der Waals surface area (Å²) in [5.41, 5.74) is 1.04. The van der Waals surface area contributed by atoms with Crippen LogP contribution in [0.2, 0.25) is 0 Å². The summed E-state index contributed by atoms with van der Waals surface area (Å²) in [5, 5.41) is 16.1. The highest BCUT2D eigenvalue weighted by atomic mass is 16.7. The predicted octanol–water partition coefficient (Wildman–Crippen LogP) is 2.80. The number of nitrogens with zero attached hydrogens (tertiary/aromatic N) is 3. The average Bonchev–Trinajstić information content (AvgIpc) is 3.03. The first-order valence-electron chi connectivity index (χ1n) is 9.71. The molecule has 2 aliphatic rings. The van der Waals surface area contributed by atoms with Crippen molar-refractivity contribution in [1.82, 2.24) is 9.78 Å². The molecule has 4 rings (SSSR count). The van der Waals surface area contributed by atoms with Crippen molar-refractivity contribution in [3.05, 3.63) is 45.4 Å². The highest BCUT2D eigenvalue weighted by Gasteiger charge is 2.42. The molecule has 2 heterocycles. The molecule has 1 aromatic heterocycles. The van der Waals surface area contributed by atoms with Crippen molar-refractivity contribution in [3.63, 3.8) is 0 Å². The van der Waals surface area contributed by atoms with E-state index in [1.807, 2.05) is 6.07 Å². The first-order valence-corrected chi connectivity index (χ1v) is 9.71. The van der Waals surface area contributed by atoms with E-state index < -0.39 is 17.3 Å². The third-order valence-electron chi connectivity index (χ3n) is 5.48. The van der Waals surface area contributed by atoms with E-state index in [4.69, 9.17) is 9.47 Å². The van der Waals surface area contributed by atoms with Crippen LogP contribution in [0.25, 0.3) is 0 Å². The van der Waals surface area contributed by atoms with Crippen LogP contribution in [0.15, 0.2) is 23.0 Å². The number of benzene rings is 1. The van der Waals surface area contributed by atoms with Gasteiger partial charge in [-0.3, -0.25) is 9.59 Å². The molecule has 8 heteroatoms. The van der Waals surface area contributed by atoms with Gasteiger partial charge in [-0.15, -0.1) is 0 Å². The van der Waals surface area contributed by atoms with Crippen LogP contribution < -0.4 is 20.3 Å². The summed E-state index contributed by atoms with van der Waals surface area (Å²) in [6.07, 6.45) is 5.03. The minimum atomic E-state index is -0.576. The summed E-state index contributed by atoms with van der Waals surface area (Å²) >= 11 is 0. The smallest absolute Gasteiger partial charge is 0.285 e. The van der Waals surface area contributed by atoms with Crippen molar-refractivity contribution in [2.24, 2.45) is 0 Å². The van der Waals surface area contributed by atoms with Gasteiger partial charge in [0.25, 0.3) is 11.3 Å². The molecular weight excluding hydrogens is 372 g/mol. The maximum atomic E-state index is 12.5. The van der Waals surface area contributed by atoms with Crippen LogP contribution in [0.4, 0.5) is 5.69 Å². The van der Waals surface area contributed by atoms with E-state index >= 15 is 0 Å². The second kappa shape index (κ2) is 7.24. The quantitative estimate of drug-likeness (QED) is 0.858. The van der Waals surface area contributed by atoms with Gasteiger partial charge in [0.2, 0.25) is 5.91 Å². The van der Waals surface area contributed by atoms with E-state index in [1.54, 1.807) is 32.0 Å². The zero-order valence-electron chi connectivity index (χ0n) is 16.4. The second-order valence-corrected chi connectivity index (χ2v) is 7.55. The number of carbonyl (C=O) groups excluding carboxylic acids is 1. The maximum absolute atomic E-state index is 12.5. The van der Waals surface area contributed by atoms with Crippen LogP contribution in [-0.4, -0.2) is 21.5 Å². The lowest BCUT2D eigenvalue weighted by atomic mass is 9.94. The Kier molecular flexibility index (Phi) is 4.74. The van der Waals surface area contributed by atoms with Gasteiger partial charge in [-0.2, -0.15) is 10.4 Å². The number of amides is 1. The van der Waals surface area contributed by atoms with Gasteiger partial charge in [0.15, 0.2) is 11.5 Å². The fourth-order valence-electron chi connectivity index (χ4n) is 3.81. The van der Waals surface area contributed by atoms with E-state index in [0.29, 0.717) is 28.4 Å². The summed E-state index contributed by atoms with van der Waals surface area (Å²) in [6, 6.07) is 7.13. The molecule has 1 amide bonds. The van der Waals surface area contributed by atoms with Crippen molar-refractivity contribution in [3.8, 4) is 17.6 Å². The highest BCUT2D eigenvalue weighted by molar-refractivity contribution is 5.90. The van der Waals surface area contributed by atoms with Gasteiger partial charge in [-0.1, -0.05) is 6.42 Å². The number of nitriles is 1. The molecule has 1 aromatic carbocycles. The fraction of sp³-hybridized carbons (Fsp3) is 0.429. The lowest BCUT2D eigenvalue weighted by molar-refractivity contribution is -0.117. The Labute approximate surface area is 168 Å². The standard InChI is InChI=1S/C21H22N4O4/c1-13-14(2)24-25(20(27)16(13)11-22)12-19(26)23-15-6-7-17-18(10-15)29-21(28-17)8-4-3-5-9-21/h6-7,10H,3-5,8-9,12H2,1-2H3,(H,23,26). The summed E-state index contributed by atoms with van der Waals surface area (Å²) in [5.74, 6) is 0.291. The van der Waals surface area contributed by atoms with Crippen molar-refractivity contribution >= 4 is 11.6 Å². The fourth-order valence-corrected chi connectivity index (χ4v) is 3.81. The van der Waals surface area contributed by atoms with Gasteiger partial charge in [0.05, 0.1) is 5.69 Å². The number of nitrogens with one attached hydrogen (secondary N) is 1. The monoisotopic (exact) mass is 394 g/mol. The SMILES string of the molecule is Cc1nn(CC(=O)Nc2ccc3c(c2)OC2(CCCCC2)O3)c(=O)c(C#N)c1C. The number of anilines is 1. The summed E-state index contributed by atoms with van der Waals surface area (Å²) in [7, 11) is 0. The molecule has 0 radical (unpaired) electrons. The van der Waals surface area contributed by atoms with Crippen LogP contribution in [0.1, 0.15) is 48.9 Å². The van der Waals surface area contributed by atoms with Gasteiger partial charge in [0.1, 0.15) is 18.2 Å². The van der Waals surface area contributed by atoms with Gasteiger partial charge in [-0.25, -0.2) is 4.68 Å². The van der Waals surface area contributed by atoms with E-state index in [-0.39, 0.29) is 12.1 Å². The summed E-state index contributed by atoms with van der Waals surface area (Å²) in [6.45, 7) is 3.08. The number of carbonyl (C=O) groups is 1. The van der Waals surface area contributed by atoms with Crippen LogP contribution in [0, 0.1) is 25.2 Å². The highest BCUT2D eigenvalue weighted by Crippen LogP contribution is 2.46. The third-order valence-corrected chi connectivity index (χ3v) is 5.48. The Hall–Kier alpha value is -3.34. The molecule has 2 aromatic rings. The van der Waals surface area contributed by atoms with Crippen molar-refractivity contribution in [2.45, 2.75) is 58.3 Å². The number of fused-ring (bicyclic) bond motifs is 1. The Bertz CT molecular complexity index is 1080. The summed E-state index contributed by atoms with van der Waals surface area (Å²) in [4.78, 5) is 24.8. The zero-order valence-corrected chi connectivity index (χ0v) is 16.4. The minimum Gasteiger partial charge on any atom is -0.448 e. The molecule has 0 bridgehead atoms. The molecule has 29 heavy (non-hydrogen) atoms. The lowest BCUT2D eigenvalue weighted by Gasteiger charge is -2.31.